The van der Waals surface area contributed by atoms with Gasteiger partial charge in [0, 0.05) is 25.0 Å². The van der Waals surface area contributed by atoms with Crippen molar-refractivity contribution in [2.45, 2.75) is 12.1 Å². The van der Waals surface area contributed by atoms with Gasteiger partial charge in [-0.3, -0.25) is 9.59 Å². The Morgan fingerprint density at radius 1 is 1.19 bits per heavy atom. The molecule has 0 saturated heterocycles. The number of halogens is 3. The topological polar surface area (TPSA) is 40.6 Å². The van der Waals surface area contributed by atoms with E-state index >= 15 is 0 Å². The van der Waals surface area contributed by atoms with Gasteiger partial charge in [0.05, 0.1) is 11.5 Å². The molecule has 0 aromatic heterocycles. The van der Waals surface area contributed by atoms with Gasteiger partial charge in [-0.15, -0.1) is 0 Å². The maximum Gasteiger partial charge on any atom is 0.416 e. The molecule has 0 radical (unpaired) electrons. The van der Waals surface area contributed by atoms with Gasteiger partial charge in [-0.2, -0.15) is 13.2 Å². The van der Waals surface area contributed by atoms with Crippen LogP contribution in [0.15, 0.2) is 61.2 Å². The van der Waals surface area contributed by atoms with Gasteiger partial charge in [-0.05, 0) is 35.9 Å². The van der Waals surface area contributed by atoms with E-state index in [0.717, 1.165) is 12.1 Å². The highest BCUT2D eigenvalue weighted by Gasteiger charge is 2.37. The third kappa shape index (κ3) is 3.45. The zero-order chi connectivity index (χ0) is 19.8. The van der Waals surface area contributed by atoms with Crippen LogP contribution >= 0.6 is 0 Å². The van der Waals surface area contributed by atoms with E-state index in [2.05, 4.69) is 6.58 Å². The van der Waals surface area contributed by atoms with Crippen LogP contribution in [-0.2, 0) is 15.8 Å². The fourth-order valence-electron chi connectivity index (χ4n) is 3.19. The van der Waals surface area contributed by atoms with E-state index < -0.39 is 17.7 Å². The fraction of sp³-hybridized carbons (Fsp3) is 0.200. The summed E-state index contributed by atoms with van der Waals surface area (Å²) in [6.07, 6.45) is -3.33. The molecular weight excluding hydrogens is 357 g/mol. The molecule has 0 aliphatic carbocycles. The zero-order valence-corrected chi connectivity index (χ0v) is 14.5. The van der Waals surface area contributed by atoms with Crippen LogP contribution in [0.25, 0.3) is 0 Å². The summed E-state index contributed by atoms with van der Waals surface area (Å²) in [4.78, 5) is 27.7. The molecule has 2 aromatic carbocycles. The SMILES string of the molecule is C=CC(=O)N1CC(C(=O)N(C)c2cccc(C(F)(F)F)c2)c2ccccc21. The number of carbonyl (C=O) groups excluding carboxylic acids is 2. The van der Waals surface area contributed by atoms with Crippen LogP contribution in [0.3, 0.4) is 0 Å². The minimum atomic E-state index is -4.49. The molecule has 1 aliphatic rings. The third-order valence-corrected chi connectivity index (χ3v) is 4.60. The van der Waals surface area contributed by atoms with Crippen LogP contribution in [0.5, 0.6) is 0 Å². The van der Waals surface area contributed by atoms with Gasteiger partial charge >= 0.3 is 6.18 Å². The van der Waals surface area contributed by atoms with Crippen molar-refractivity contribution in [3.63, 3.8) is 0 Å². The molecule has 0 saturated carbocycles. The number of rotatable bonds is 3. The molecule has 0 fully saturated rings. The summed E-state index contributed by atoms with van der Waals surface area (Å²) < 4.78 is 38.9. The smallest absolute Gasteiger partial charge is 0.315 e. The van der Waals surface area contributed by atoms with E-state index in [-0.39, 0.29) is 24.0 Å². The number of carbonyl (C=O) groups is 2. The van der Waals surface area contributed by atoms with Gasteiger partial charge < -0.3 is 9.80 Å². The number of nitrogens with zero attached hydrogens (tertiary/aromatic N) is 2. The molecule has 0 N–H and O–H groups in total. The Labute approximate surface area is 154 Å². The lowest BCUT2D eigenvalue weighted by Gasteiger charge is -2.23. The van der Waals surface area contributed by atoms with Crippen LogP contribution in [-0.4, -0.2) is 25.4 Å². The van der Waals surface area contributed by atoms with Gasteiger partial charge in [0.1, 0.15) is 0 Å². The Morgan fingerprint density at radius 2 is 1.89 bits per heavy atom. The maximum atomic E-state index is 13.0. The van der Waals surface area contributed by atoms with Gasteiger partial charge in [0.2, 0.25) is 11.8 Å². The van der Waals surface area contributed by atoms with E-state index in [1.807, 2.05) is 0 Å². The van der Waals surface area contributed by atoms with E-state index in [9.17, 15) is 22.8 Å². The summed E-state index contributed by atoms with van der Waals surface area (Å²) in [5, 5.41) is 0. The minimum Gasteiger partial charge on any atom is -0.315 e. The molecule has 1 aliphatic heterocycles. The van der Waals surface area contributed by atoms with Crippen molar-refractivity contribution >= 4 is 23.2 Å². The summed E-state index contributed by atoms with van der Waals surface area (Å²) in [7, 11) is 1.43. The van der Waals surface area contributed by atoms with Crippen LogP contribution in [0.4, 0.5) is 24.5 Å². The zero-order valence-electron chi connectivity index (χ0n) is 14.5. The summed E-state index contributed by atoms with van der Waals surface area (Å²) in [6.45, 7) is 3.59. The molecule has 1 unspecified atom stereocenters. The Bertz CT molecular complexity index is 908. The quantitative estimate of drug-likeness (QED) is 0.763. The molecule has 2 amide bonds. The Balaban J connectivity index is 1.92. The molecule has 1 heterocycles. The van der Waals surface area contributed by atoms with Crippen molar-refractivity contribution in [3.8, 4) is 0 Å². The van der Waals surface area contributed by atoms with Crippen molar-refractivity contribution in [1.82, 2.24) is 0 Å². The van der Waals surface area contributed by atoms with Gasteiger partial charge in [-0.1, -0.05) is 30.8 Å². The van der Waals surface area contributed by atoms with Crippen molar-refractivity contribution in [1.29, 1.82) is 0 Å². The highest BCUT2D eigenvalue weighted by molar-refractivity contribution is 6.07. The monoisotopic (exact) mass is 374 g/mol. The average molecular weight is 374 g/mol. The first-order valence-corrected chi connectivity index (χ1v) is 8.21. The number of amides is 2. The first-order chi connectivity index (χ1) is 12.7. The Hall–Kier alpha value is -3.09. The molecule has 4 nitrogen and oxygen atoms in total. The largest absolute Gasteiger partial charge is 0.416 e. The average Bonchev–Trinajstić information content (AvgIpc) is 3.05. The number of fused-ring (bicyclic) bond motifs is 1. The molecule has 0 bridgehead atoms. The molecule has 0 spiro atoms. The lowest BCUT2D eigenvalue weighted by atomic mass is 9.99. The number of hydrogen-bond donors (Lipinski definition) is 0. The first kappa shape index (κ1) is 18.7. The van der Waals surface area contributed by atoms with Crippen molar-refractivity contribution in [2.75, 3.05) is 23.4 Å². The van der Waals surface area contributed by atoms with Crippen molar-refractivity contribution in [3.05, 3.63) is 72.3 Å². The number of likely N-dealkylation sites (N-methyl/N-ethyl adjacent to an activating group) is 1. The standard InChI is InChI=1S/C20H17F3N2O2/c1-3-18(26)25-12-16(15-9-4-5-10-17(15)25)19(27)24(2)14-8-6-7-13(11-14)20(21,22)23/h3-11,16H,1,12H2,2H3. The highest BCUT2D eigenvalue weighted by Crippen LogP contribution is 2.38. The number of hydrogen-bond acceptors (Lipinski definition) is 2. The lowest BCUT2D eigenvalue weighted by Crippen LogP contribution is -2.36. The summed E-state index contributed by atoms with van der Waals surface area (Å²) in [5.74, 6) is -1.38. The molecule has 2 aromatic rings. The predicted octanol–water partition coefficient (Wildman–Crippen LogP) is 3.98. The van der Waals surface area contributed by atoms with E-state index in [0.29, 0.717) is 11.3 Å². The number of benzene rings is 2. The van der Waals surface area contributed by atoms with Gasteiger partial charge in [0.15, 0.2) is 0 Å². The second kappa shape index (κ2) is 6.90. The third-order valence-electron chi connectivity index (χ3n) is 4.60. The van der Waals surface area contributed by atoms with Gasteiger partial charge in [-0.25, -0.2) is 0 Å². The number of alkyl halides is 3. The van der Waals surface area contributed by atoms with Crippen LogP contribution in [0, 0.1) is 0 Å². The molecule has 27 heavy (non-hydrogen) atoms. The molecule has 7 heteroatoms. The van der Waals surface area contributed by atoms with E-state index in [1.165, 1.54) is 35.1 Å². The van der Waals surface area contributed by atoms with Crippen LogP contribution in [0.1, 0.15) is 17.0 Å². The Kier molecular flexibility index (Phi) is 4.78. The van der Waals surface area contributed by atoms with Crippen LogP contribution in [0.2, 0.25) is 0 Å². The Morgan fingerprint density at radius 3 is 2.56 bits per heavy atom. The lowest BCUT2D eigenvalue weighted by molar-refractivity contribution is -0.137. The second-order valence-corrected chi connectivity index (χ2v) is 6.21. The van der Waals surface area contributed by atoms with Gasteiger partial charge in [0.25, 0.3) is 0 Å². The first-order valence-electron chi connectivity index (χ1n) is 8.21. The summed E-state index contributed by atoms with van der Waals surface area (Å²) >= 11 is 0. The normalized spacial score (nSPS) is 16.0. The minimum absolute atomic E-state index is 0.117. The molecule has 1 atom stereocenters. The molecule has 140 valence electrons. The number of anilines is 2. The summed E-state index contributed by atoms with van der Waals surface area (Å²) in [6, 6.07) is 11.6. The van der Waals surface area contributed by atoms with E-state index in [4.69, 9.17) is 0 Å². The molecule has 3 rings (SSSR count). The maximum absolute atomic E-state index is 13.0. The van der Waals surface area contributed by atoms with Crippen molar-refractivity contribution in [2.24, 2.45) is 0 Å². The highest BCUT2D eigenvalue weighted by atomic mass is 19.4. The summed E-state index contributed by atoms with van der Waals surface area (Å²) in [5.41, 5.74) is 0.588. The number of para-hydroxylation sites is 1. The fourth-order valence-corrected chi connectivity index (χ4v) is 3.19. The second-order valence-electron chi connectivity index (χ2n) is 6.21. The van der Waals surface area contributed by atoms with E-state index in [1.54, 1.807) is 24.3 Å². The van der Waals surface area contributed by atoms with Crippen LogP contribution < -0.4 is 9.80 Å². The molecular formula is C20H17F3N2O2. The van der Waals surface area contributed by atoms with Crippen molar-refractivity contribution < 1.29 is 22.8 Å². The predicted molar refractivity (Wildman–Crippen MR) is 96.6 cm³/mol.